The molecule has 11 fully saturated rings. The Hall–Kier alpha value is -1.03. The van der Waals surface area contributed by atoms with Gasteiger partial charge in [0.25, 0.3) is 0 Å². The fourth-order valence-corrected chi connectivity index (χ4v) is 28.3. The van der Waals surface area contributed by atoms with Crippen LogP contribution in [0.1, 0.15) is 371 Å². The Morgan fingerprint density at radius 3 is 1.09 bits per heavy atom. The maximum absolute atomic E-state index is 11.0. The molecule has 0 aromatic rings. The van der Waals surface area contributed by atoms with Gasteiger partial charge in [-0.25, -0.2) is 0 Å². The highest BCUT2D eigenvalue weighted by atomic mass is 16.5. The zero-order valence-electron chi connectivity index (χ0n) is 68.3. The molecule has 0 aliphatic heterocycles. The average molecular weight is 1400 g/mol. The van der Waals surface area contributed by atoms with Crippen LogP contribution in [0.4, 0.5) is 0 Å². The Morgan fingerprint density at radius 2 is 0.760 bits per heavy atom. The molecule has 11 saturated carbocycles. The van der Waals surface area contributed by atoms with Crippen molar-refractivity contribution < 1.29 is 40.2 Å². The number of hydrogen-bond donors (Lipinski definition) is 6. The van der Waals surface area contributed by atoms with Crippen molar-refractivity contribution >= 4 is 5.97 Å². The normalized spacial score (nSPS) is 45.5. The van der Waals surface area contributed by atoms with Gasteiger partial charge in [-0.05, 0) is 383 Å². The minimum absolute atomic E-state index is 0. The van der Waals surface area contributed by atoms with Gasteiger partial charge in [0, 0.05) is 6.92 Å². The van der Waals surface area contributed by atoms with Crippen molar-refractivity contribution in [1.82, 2.24) is 0 Å². The molecule has 12 aliphatic rings. The highest BCUT2D eigenvalue weighted by molar-refractivity contribution is 5.65. The zero-order valence-corrected chi connectivity index (χ0v) is 68.3. The second-order valence-corrected chi connectivity index (χ2v) is 41.1. The smallest absolute Gasteiger partial charge is 0.302 e. The van der Waals surface area contributed by atoms with E-state index in [1.165, 1.54) is 155 Å². The molecular weight excluding hydrogens is 1230 g/mol. The van der Waals surface area contributed by atoms with Gasteiger partial charge in [-0.3, -0.25) is 4.79 Å². The lowest BCUT2D eigenvalue weighted by Gasteiger charge is -2.62. The number of allylic oxidation sites excluding steroid dienone is 1. The van der Waals surface area contributed by atoms with Gasteiger partial charge in [0.15, 0.2) is 0 Å². The van der Waals surface area contributed by atoms with Gasteiger partial charge < -0.3 is 35.4 Å². The SMILES string of the molecule is C.CCOC(C)=O.CC[C@]1(O)CC[C@@]2(C)C(=CC[C@H]3[C@@H]4CC[C@H]([C@H](C)CC[C@H](O)C(C)C)[C@@]4(C)CC[C@@H]32)C1.CC[C@]1(O)CC[C@@]2(C)[C@@H](CC[C@@H]3[C@@H]2CC[C@]2(C)[C@@H]([C@H](C)CC[C@H](O)C(C)C)CC[C@@H]32)C1.CC[C@]1(O)CC[C@@]2(C)[C@H](CC[C@@H]3[C@@H]2CC[C@]2(C)[C@@H]([C@H](C)CC[C@H](O)C(C)C)CC[C@@H]32)C1. The van der Waals surface area contributed by atoms with Crippen molar-refractivity contribution in [2.75, 3.05) is 6.61 Å². The maximum Gasteiger partial charge on any atom is 0.302 e. The third-order valence-electron chi connectivity index (χ3n) is 35.6. The summed E-state index contributed by atoms with van der Waals surface area (Å²) in [7, 11) is 0. The van der Waals surface area contributed by atoms with Gasteiger partial charge in [-0.15, -0.1) is 0 Å². The van der Waals surface area contributed by atoms with Crippen molar-refractivity contribution in [3.8, 4) is 0 Å². The fourth-order valence-electron chi connectivity index (χ4n) is 28.3. The zero-order chi connectivity index (χ0) is 72.8. The third kappa shape index (κ3) is 16.9. The summed E-state index contributed by atoms with van der Waals surface area (Å²) in [5.41, 5.74) is 3.18. The summed E-state index contributed by atoms with van der Waals surface area (Å²) in [5, 5.41) is 64.1. The number of aliphatic hydroxyl groups is 6. The van der Waals surface area contributed by atoms with E-state index in [2.05, 4.69) is 135 Å². The molecule has 12 rings (SSSR count). The van der Waals surface area contributed by atoms with E-state index in [1.807, 2.05) is 0 Å². The monoisotopic (exact) mass is 1400 g/mol. The summed E-state index contributed by atoms with van der Waals surface area (Å²) in [6.45, 7) is 46.2. The summed E-state index contributed by atoms with van der Waals surface area (Å²) < 4.78 is 4.40. The molecule has 0 aromatic heterocycles. The Labute approximate surface area is 617 Å². The molecule has 0 bridgehead atoms. The van der Waals surface area contributed by atoms with Gasteiger partial charge in [0.1, 0.15) is 0 Å². The Kier molecular flexibility index (Phi) is 28.3. The Bertz CT molecular complexity index is 2510. The lowest BCUT2D eigenvalue weighted by molar-refractivity contribution is -0.152. The van der Waals surface area contributed by atoms with E-state index in [1.54, 1.807) is 12.5 Å². The molecule has 8 heteroatoms. The van der Waals surface area contributed by atoms with Crippen molar-refractivity contribution in [3.63, 3.8) is 0 Å². The molecule has 29 atom stereocenters. The van der Waals surface area contributed by atoms with Crippen LogP contribution in [-0.4, -0.2) is 78.3 Å². The first kappa shape index (κ1) is 84.6. The van der Waals surface area contributed by atoms with Crippen LogP contribution in [-0.2, 0) is 9.53 Å². The van der Waals surface area contributed by atoms with Crippen molar-refractivity contribution in [2.45, 2.75) is 406 Å². The number of esters is 1. The number of hydrogen-bond acceptors (Lipinski definition) is 8. The molecule has 0 radical (unpaired) electrons. The maximum atomic E-state index is 11.0. The van der Waals surface area contributed by atoms with E-state index in [4.69, 9.17) is 0 Å². The Balaban J connectivity index is 0.000000182. The van der Waals surface area contributed by atoms with Crippen LogP contribution < -0.4 is 0 Å². The van der Waals surface area contributed by atoms with Crippen molar-refractivity contribution in [2.24, 2.45) is 151 Å². The second kappa shape index (κ2) is 33.4. The predicted octanol–water partition coefficient (Wildman–Crippen LogP) is 22.8. The summed E-state index contributed by atoms with van der Waals surface area (Å²) in [6, 6.07) is 0. The van der Waals surface area contributed by atoms with Crippen molar-refractivity contribution in [1.29, 1.82) is 0 Å². The Morgan fingerprint density at radius 1 is 0.420 bits per heavy atom. The van der Waals surface area contributed by atoms with Crippen LogP contribution in [0, 0.1) is 151 Å². The van der Waals surface area contributed by atoms with Gasteiger partial charge in [0.2, 0.25) is 0 Å². The molecule has 8 nitrogen and oxygen atoms in total. The highest BCUT2D eigenvalue weighted by Crippen LogP contribution is 2.73. The highest BCUT2D eigenvalue weighted by Gasteiger charge is 2.65. The fraction of sp³-hybridized carbons (Fsp3) is 0.967. The third-order valence-corrected chi connectivity index (χ3v) is 35.6. The number of ether oxygens (including phenoxy) is 1. The van der Waals surface area contributed by atoms with E-state index in [-0.39, 0.29) is 42.9 Å². The summed E-state index contributed by atoms with van der Waals surface area (Å²) in [5.74, 6) is 15.1. The quantitative estimate of drug-likeness (QED) is 0.0553. The number of fused-ring (bicyclic) bond motifs is 15. The number of carbonyl (C=O) groups excluding carboxylic acids is 1. The molecular formula is C92H166O8. The first-order valence-corrected chi connectivity index (χ1v) is 43.4. The molecule has 0 aromatic carbocycles. The van der Waals surface area contributed by atoms with Crippen LogP contribution in [0.15, 0.2) is 11.6 Å². The molecule has 0 spiro atoms. The van der Waals surface area contributed by atoms with Gasteiger partial charge in [-0.1, -0.05) is 144 Å². The number of rotatable bonds is 19. The van der Waals surface area contributed by atoms with E-state index in [9.17, 15) is 35.4 Å². The molecule has 582 valence electrons. The van der Waals surface area contributed by atoms with Gasteiger partial charge in [0.05, 0.1) is 41.7 Å². The minimum Gasteiger partial charge on any atom is -0.466 e. The van der Waals surface area contributed by atoms with Crippen LogP contribution in [0.2, 0.25) is 0 Å². The van der Waals surface area contributed by atoms with Crippen LogP contribution in [0.3, 0.4) is 0 Å². The minimum atomic E-state index is -0.449. The summed E-state index contributed by atoms with van der Waals surface area (Å²) >= 11 is 0. The summed E-state index contributed by atoms with van der Waals surface area (Å²) in [4.78, 5) is 9.82. The molecule has 0 saturated heterocycles. The van der Waals surface area contributed by atoms with Crippen LogP contribution in [0.25, 0.3) is 0 Å². The molecule has 0 heterocycles. The second-order valence-electron chi connectivity index (χ2n) is 41.1. The first-order valence-electron chi connectivity index (χ1n) is 43.4. The largest absolute Gasteiger partial charge is 0.466 e. The molecule has 0 amide bonds. The molecule has 100 heavy (non-hydrogen) atoms. The summed E-state index contributed by atoms with van der Waals surface area (Å²) in [6.07, 6.45) is 44.9. The van der Waals surface area contributed by atoms with E-state index in [0.717, 1.165) is 178 Å². The average Bonchev–Trinajstić information content (AvgIpc) is 1.33. The van der Waals surface area contributed by atoms with E-state index >= 15 is 0 Å². The predicted molar refractivity (Wildman–Crippen MR) is 418 cm³/mol. The molecule has 12 aliphatic carbocycles. The van der Waals surface area contributed by atoms with Crippen LogP contribution >= 0.6 is 0 Å². The number of aliphatic hydroxyl groups excluding tert-OH is 3. The lowest BCUT2D eigenvalue weighted by atomic mass is 9.43. The topological polar surface area (TPSA) is 148 Å². The first-order chi connectivity index (χ1) is 46.4. The van der Waals surface area contributed by atoms with Gasteiger partial charge >= 0.3 is 5.97 Å². The molecule has 0 unspecified atom stereocenters. The number of carbonyl (C=O) groups is 1. The van der Waals surface area contributed by atoms with E-state index in [0.29, 0.717) is 56.9 Å². The van der Waals surface area contributed by atoms with E-state index < -0.39 is 5.60 Å². The standard InChI is InChI=1S/2C29H52O2.C29H50O2.C4H8O2.CH4/c3*1-7-29(31)17-16-27(5)21(18-29)9-10-22-24-12-11-23(28(24,6)15-14-25(22)27)20(4)8-13-26(30)19(2)3;1-3-6-4(2)5;/h2*19-26,30-31H,7-18H2,1-6H3;9,19-20,22-26,30-31H,7-8,10-18H2,1-6H3;3H2,1-2H3;1H4/t20-,21+,22+,23-,24+,25+,26+,27+,28-,29+;20-,21-,22+,23-,24+,25+,26+,27+,28-,29+;20-,22+,23-,24+,25+,26+,27+,28-,29+;;/m111../s1. The van der Waals surface area contributed by atoms with Crippen molar-refractivity contribution in [3.05, 3.63) is 11.6 Å². The lowest BCUT2D eigenvalue weighted by Crippen LogP contribution is -2.56. The molecule has 6 N–H and O–H groups in total. The van der Waals surface area contributed by atoms with Crippen LogP contribution in [0.5, 0.6) is 0 Å². The van der Waals surface area contributed by atoms with Gasteiger partial charge in [-0.2, -0.15) is 0 Å².